The summed E-state index contributed by atoms with van der Waals surface area (Å²) in [6, 6.07) is 7.31. The number of likely N-dealkylation sites (N-methyl/N-ethyl adjacent to an activating group) is 1. The lowest BCUT2D eigenvalue weighted by Crippen LogP contribution is -2.54. The molecule has 1 unspecified atom stereocenters. The van der Waals surface area contributed by atoms with Crippen LogP contribution in [-0.2, 0) is 4.74 Å². The number of hydrogen-bond acceptors (Lipinski definition) is 4. The normalized spacial score (nSPS) is 24.2. The molecule has 3 rings (SSSR count). The van der Waals surface area contributed by atoms with Gasteiger partial charge < -0.3 is 14.8 Å². The van der Waals surface area contributed by atoms with Crippen LogP contribution in [0.4, 0.5) is 4.79 Å². The molecule has 0 saturated carbocycles. The number of piperidine rings is 1. The Labute approximate surface area is 129 Å². The summed E-state index contributed by atoms with van der Waals surface area (Å²) in [6.45, 7) is 4.09. The molecule has 6 heteroatoms. The minimum absolute atomic E-state index is 0.309. The Morgan fingerprint density at radius 1 is 1.43 bits per heavy atom. The monoisotopic (exact) mass is 310 g/mol. The Morgan fingerprint density at radius 3 is 2.81 bits per heavy atom. The van der Waals surface area contributed by atoms with Crippen molar-refractivity contribution in [1.82, 2.24) is 10.2 Å². The molecule has 0 bridgehead atoms. The fraction of sp³-hybridized carbons (Fsp3) is 0.533. The molecule has 5 nitrogen and oxygen atoms in total. The Morgan fingerprint density at radius 2 is 2.14 bits per heavy atom. The predicted octanol–water partition coefficient (Wildman–Crippen LogP) is 2.64. The van der Waals surface area contributed by atoms with Crippen molar-refractivity contribution < 1.29 is 14.3 Å². The summed E-state index contributed by atoms with van der Waals surface area (Å²) in [5.74, 6) is 0.582. The summed E-state index contributed by atoms with van der Waals surface area (Å²) in [4.78, 5) is 13.8. The van der Waals surface area contributed by atoms with Crippen LogP contribution >= 0.6 is 11.6 Å². The van der Waals surface area contributed by atoms with E-state index in [1.165, 1.54) is 0 Å². The highest BCUT2D eigenvalue weighted by Crippen LogP contribution is 2.39. The summed E-state index contributed by atoms with van der Waals surface area (Å²) in [6.07, 6.45) is 0.739. The summed E-state index contributed by atoms with van der Waals surface area (Å²) in [5, 5.41) is 3.83. The molecule has 2 aliphatic rings. The van der Waals surface area contributed by atoms with E-state index < -0.39 is 11.8 Å². The third-order valence-electron chi connectivity index (χ3n) is 4.12. The second kappa shape index (κ2) is 5.73. The van der Waals surface area contributed by atoms with Crippen LogP contribution < -0.4 is 10.1 Å². The standard InChI is InChI=1S/C15H19ClN2O3/c1-2-18-13(20-12-6-4-3-5-11(12)16)15(21-14(18)19)7-9-17-10-8-15/h3-6,13,17H,2,7-10H2,1H3. The third-order valence-corrected chi connectivity index (χ3v) is 4.44. The van der Waals surface area contributed by atoms with Gasteiger partial charge >= 0.3 is 6.09 Å². The van der Waals surface area contributed by atoms with Crippen molar-refractivity contribution in [3.05, 3.63) is 29.3 Å². The highest BCUT2D eigenvalue weighted by atomic mass is 35.5. The number of amides is 1. The smallest absolute Gasteiger partial charge is 0.413 e. The average Bonchev–Trinajstić information content (AvgIpc) is 2.73. The number of benzene rings is 1. The number of nitrogens with zero attached hydrogens (tertiary/aromatic N) is 1. The molecular formula is C15H19ClN2O3. The van der Waals surface area contributed by atoms with Gasteiger partial charge in [-0.3, -0.25) is 4.90 Å². The highest BCUT2D eigenvalue weighted by Gasteiger charge is 2.55. The molecule has 0 aromatic heterocycles. The maximum absolute atomic E-state index is 12.1. The van der Waals surface area contributed by atoms with E-state index in [-0.39, 0.29) is 6.09 Å². The summed E-state index contributed by atoms with van der Waals surface area (Å²) in [5.41, 5.74) is -0.586. The van der Waals surface area contributed by atoms with Crippen LogP contribution in [0.1, 0.15) is 19.8 Å². The van der Waals surface area contributed by atoms with Crippen molar-refractivity contribution >= 4 is 17.7 Å². The van der Waals surface area contributed by atoms with E-state index in [1.54, 1.807) is 11.0 Å². The van der Waals surface area contributed by atoms with Gasteiger partial charge in [0.2, 0.25) is 6.23 Å². The lowest BCUT2D eigenvalue weighted by atomic mass is 9.90. The Hall–Kier alpha value is -1.46. The van der Waals surface area contributed by atoms with Gasteiger partial charge in [-0.25, -0.2) is 4.79 Å². The predicted molar refractivity (Wildman–Crippen MR) is 79.6 cm³/mol. The van der Waals surface area contributed by atoms with E-state index in [2.05, 4.69) is 5.32 Å². The number of para-hydroxylation sites is 1. The first-order chi connectivity index (χ1) is 10.2. The molecule has 1 aromatic carbocycles. The zero-order valence-corrected chi connectivity index (χ0v) is 12.7. The largest absolute Gasteiger partial charge is 0.464 e. The van der Waals surface area contributed by atoms with Crippen molar-refractivity contribution in [2.75, 3.05) is 19.6 Å². The zero-order valence-electron chi connectivity index (χ0n) is 12.0. The van der Waals surface area contributed by atoms with Crippen molar-refractivity contribution in [3.8, 4) is 5.75 Å². The van der Waals surface area contributed by atoms with E-state index in [0.717, 1.165) is 25.9 Å². The van der Waals surface area contributed by atoms with E-state index in [4.69, 9.17) is 21.1 Å². The molecule has 2 fully saturated rings. The maximum Gasteiger partial charge on any atom is 0.413 e. The topological polar surface area (TPSA) is 50.8 Å². The molecule has 2 heterocycles. The number of halogens is 1. The Balaban J connectivity index is 1.91. The number of nitrogens with one attached hydrogen (secondary N) is 1. The Kier molecular flexibility index (Phi) is 3.95. The van der Waals surface area contributed by atoms with Gasteiger partial charge in [0, 0.05) is 19.4 Å². The Bertz CT molecular complexity index is 531. The van der Waals surface area contributed by atoms with Crippen LogP contribution in [0.25, 0.3) is 0 Å². The molecule has 1 aromatic rings. The van der Waals surface area contributed by atoms with Gasteiger partial charge in [0.05, 0.1) is 5.02 Å². The minimum atomic E-state index is -0.586. The lowest BCUT2D eigenvalue weighted by Gasteiger charge is -2.37. The maximum atomic E-state index is 12.1. The van der Waals surface area contributed by atoms with Gasteiger partial charge in [-0.1, -0.05) is 23.7 Å². The summed E-state index contributed by atoms with van der Waals surface area (Å²) in [7, 11) is 0. The summed E-state index contributed by atoms with van der Waals surface area (Å²) >= 11 is 6.18. The molecule has 1 amide bonds. The second-order valence-electron chi connectivity index (χ2n) is 5.37. The molecule has 2 saturated heterocycles. The lowest BCUT2D eigenvalue weighted by molar-refractivity contribution is -0.0644. The molecule has 21 heavy (non-hydrogen) atoms. The molecule has 1 spiro atoms. The van der Waals surface area contributed by atoms with Crippen LogP contribution in [-0.4, -0.2) is 42.5 Å². The van der Waals surface area contributed by atoms with E-state index in [1.807, 2.05) is 25.1 Å². The van der Waals surface area contributed by atoms with E-state index in [0.29, 0.717) is 17.3 Å². The quantitative estimate of drug-likeness (QED) is 0.932. The van der Waals surface area contributed by atoms with Crippen molar-refractivity contribution in [2.24, 2.45) is 0 Å². The first kappa shape index (κ1) is 14.5. The van der Waals surface area contributed by atoms with Gasteiger partial charge in [0.25, 0.3) is 0 Å². The fourth-order valence-electron chi connectivity index (χ4n) is 2.99. The molecule has 1 atom stereocenters. The third kappa shape index (κ3) is 2.56. The van der Waals surface area contributed by atoms with Crippen molar-refractivity contribution in [1.29, 1.82) is 0 Å². The molecule has 0 aliphatic carbocycles. The molecular weight excluding hydrogens is 292 g/mol. The van der Waals surface area contributed by atoms with Gasteiger partial charge in [0.1, 0.15) is 5.75 Å². The van der Waals surface area contributed by atoms with Crippen molar-refractivity contribution in [2.45, 2.75) is 31.6 Å². The molecule has 0 radical (unpaired) electrons. The van der Waals surface area contributed by atoms with Crippen LogP contribution in [0.3, 0.4) is 0 Å². The highest BCUT2D eigenvalue weighted by molar-refractivity contribution is 6.32. The van der Waals surface area contributed by atoms with Gasteiger partial charge in [-0.05, 0) is 32.1 Å². The van der Waals surface area contributed by atoms with Gasteiger partial charge in [-0.2, -0.15) is 0 Å². The SMILES string of the molecule is CCN1C(=O)OC2(CCNCC2)C1Oc1ccccc1Cl. The second-order valence-corrected chi connectivity index (χ2v) is 5.78. The average molecular weight is 311 g/mol. The summed E-state index contributed by atoms with van der Waals surface area (Å²) < 4.78 is 11.8. The van der Waals surface area contributed by atoms with E-state index >= 15 is 0 Å². The molecule has 2 aliphatic heterocycles. The number of carbonyl (C=O) groups is 1. The minimum Gasteiger partial charge on any atom is -0.464 e. The molecule has 1 N–H and O–H groups in total. The fourth-order valence-corrected chi connectivity index (χ4v) is 3.17. The van der Waals surface area contributed by atoms with Crippen LogP contribution in [0.2, 0.25) is 5.02 Å². The number of ether oxygens (including phenoxy) is 2. The van der Waals surface area contributed by atoms with Crippen molar-refractivity contribution in [3.63, 3.8) is 0 Å². The number of rotatable bonds is 3. The number of carbonyl (C=O) groups excluding carboxylic acids is 1. The molecule has 114 valence electrons. The van der Waals surface area contributed by atoms with Crippen LogP contribution in [0, 0.1) is 0 Å². The van der Waals surface area contributed by atoms with Gasteiger partial charge in [-0.15, -0.1) is 0 Å². The first-order valence-electron chi connectivity index (χ1n) is 7.28. The van der Waals surface area contributed by atoms with E-state index in [9.17, 15) is 4.79 Å². The van der Waals surface area contributed by atoms with Crippen LogP contribution in [0.15, 0.2) is 24.3 Å². The number of hydrogen-bond donors (Lipinski definition) is 1. The van der Waals surface area contributed by atoms with Crippen LogP contribution in [0.5, 0.6) is 5.75 Å². The van der Waals surface area contributed by atoms with Gasteiger partial charge in [0.15, 0.2) is 5.60 Å². The zero-order chi connectivity index (χ0) is 14.9. The first-order valence-corrected chi connectivity index (χ1v) is 7.65.